The number of furan rings is 1. The molecule has 7 heteroatoms. The molecular formula is C14H20N2O3S2. The minimum Gasteiger partial charge on any atom is -0.465 e. The first kappa shape index (κ1) is 16.2. The van der Waals surface area contributed by atoms with Crippen molar-refractivity contribution in [3.8, 4) is 0 Å². The van der Waals surface area contributed by atoms with Gasteiger partial charge in [0.2, 0.25) is 10.0 Å². The second-order valence-electron chi connectivity index (χ2n) is 4.94. The lowest BCUT2D eigenvalue weighted by Gasteiger charge is -2.23. The van der Waals surface area contributed by atoms with E-state index in [1.165, 1.54) is 15.6 Å². The van der Waals surface area contributed by atoms with E-state index in [0.717, 1.165) is 4.88 Å². The molecule has 5 nitrogen and oxygen atoms in total. The number of sulfonamides is 1. The molecular weight excluding hydrogens is 308 g/mol. The van der Waals surface area contributed by atoms with Crippen molar-refractivity contribution >= 4 is 21.4 Å². The van der Waals surface area contributed by atoms with Gasteiger partial charge in [0.05, 0.1) is 6.04 Å². The van der Waals surface area contributed by atoms with E-state index < -0.39 is 10.0 Å². The summed E-state index contributed by atoms with van der Waals surface area (Å²) in [6, 6.07) is 3.60. The number of rotatable bonds is 5. The van der Waals surface area contributed by atoms with Crippen LogP contribution in [0, 0.1) is 13.8 Å². The van der Waals surface area contributed by atoms with Gasteiger partial charge >= 0.3 is 0 Å². The average molecular weight is 328 g/mol. The van der Waals surface area contributed by atoms with Gasteiger partial charge in [0, 0.05) is 24.0 Å². The van der Waals surface area contributed by atoms with Gasteiger partial charge < -0.3 is 10.2 Å². The quantitative estimate of drug-likeness (QED) is 0.915. The summed E-state index contributed by atoms with van der Waals surface area (Å²) in [5.41, 5.74) is 6.24. The van der Waals surface area contributed by atoms with E-state index in [0.29, 0.717) is 17.1 Å². The Morgan fingerprint density at radius 1 is 1.38 bits per heavy atom. The third kappa shape index (κ3) is 2.78. The van der Waals surface area contributed by atoms with Gasteiger partial charge in [-0.3, -0.25) is 0 Å². The molecule has 1 atom stereocenters. The first-order valence-electron chi connectivity index (χ1n) is 6.61. The smallest absolute Gasteiger partial charge is 0.247 e. The Bertz CT molecular complexity index is 718. The van der Waals surface area contributed by atoms with E-state index in [1.807, 2.05) is 24.4 Å². The van der Waals surface area contributed by atoms with Crippen molar-refractivity contribution in [3.05, 3.63) is 39.5 Å². The van der Waals surface area contributed by atoms with Crippen molar-refractivity contribution < 1.29 is 12.8 Å². The second kappa shape index (κ2) is 5.92. The Labute approximate surface area is 129 Å². The number of hydrogen-bond acceptors (Lipinski definition) is 5. The Morgan fingerprint density at radius 3 is 2.57 bits per heavy atom. The number of aryl methyl sites for hydroxylation is 2. The van der Waals surface area contributed by atoms with Crippen LogP contribution in [0.3, 0.4) is 0 Å². The summed E-state index contributed by atoms with van der Waals surface area (Å²) < 4.78 is 32.6. The lowest BCUT2D eigenvalue weighted by molar-refractivity contribution is 0.400. The Hall–Kier alpha value is -1.15. The predicted octanol–water partition coefficient (Wildman–Crippen LogP) is 2.80. The number of nitrogens with two attached hydrogens (primary N) is 1. The number of thiophene rings is 1. The van der Waals surface area contributed by atoms with Crippen LogP contribution in [0.1, 0.15) is 34.9 Å². The summed E-state index contributed by atoms with van der Waals surface area (Å²) in [5, 5.41) is 1.94. The minimum absolute atomic E-state index is 0.138. The van der Waals surface area contributed by atoms with Gasteiger partial charge in [0.1, 0.15) is 16.4 Å². The molecule has 0 fully saturated rings. The molecule has 2 aromatic rings. The predicted molar refractivity (Wildman–Crippen MR) is 83.8 cm³/mol. The van der Waals surface area contributed by atoms with Crippen LogP contribution in [0.25, 0.3) is 0 Å². The molecule has 0 radical (unpaired) electrons. The molecule has 0 bridgehead atoms. The van der Waals surface area contributed by atoms with Crippen LogP contribution in [0.4, 0.5) is 0 Å². The van der Waals surface area contributed by atoms with Gasteiger partial charge in [-0.2, -0.15) is 4.31 Å². The van der Waals surface area contributed by atoms with Crippen LogP contribution in [-0.4, -0.2) is 19.8 Å². The molecule has 0 amide bonds. The molecule has 0 aliphatic heterocycles. The van der Waals surface area contributed by atoms with Crippen molar-refractivity contribution in [1.29, 1.82) is 0 Å². The van der Waals surface area contributed by atoms with Crippen LogP contribution in [-0.2, 0) is 16.6 Å². The molecule has 2 heterocycles. The zero-order valence-corrected chi connectivity index (χ0v) is 14.2. The fourth-order valence-electron chi connectivity index (χ4n) is 2.34. The van der Waals surface area contributed by atoms with Gasteiger partial charge in [0.25, 0.3) is 0 Å². The summed E-state index contributed by atoms with van der Waals surface area (Å²) in [7, 11) is -2.07. The maximum Gasteiger partial charge on any atom is 0.247 e. The minimum atomic E-state index is -3.65. The first-order valence-corrected chi connectivity index (χ1v) is 8.93. The van der Waals surface area contributed by atoms with Crippen molar-refractivity contribution in [2.45, 2.75) is 38.3 Å². The molecule has 0 saturated heterocycles. The Morgan fingerprint density at radius 2 is 2.05 bits per heavy atom. The molecule has 0 aliphatic rings. The monoisotopic (exact) mass is 328 g/mol. The van der Waals surface area contributed by atoms with E-state index in [9.17, 15) is 8.42 Å². The van der Waals surface area contributed by atoms with Crippen LogP contribution in [0.2, 0.25) is 0 Å². The molecule has 116 valence electrons. The summed E-state index contributed by atoms with van der Waals surface area (Å²) in [5.74, 6) is 0.948. The first-order chi connectivity index (χ1) is 9.80. The Kier molecular flexibility index (Phi) is 4.57. The van der Waals surface area contributed by atoms with Crippen LogP contribution in [0.5, 0.6) is 0 Å². The normalized spacial score (nSPS) is 13.8. The van der Waals surface area contributed by atoms with Crippen molar-refractivity contribution in [2.24, 2.45) is 5.73 Å². The summed E-state index contributed by atoms with van der Waals surface area (Å²) >= 11 is 1.54. The standard InChI is InChI=1S/C14H20N2O3S2/c1-9(13-6-5-7-20-13)16(4)21(17,18)14-11(3)19-10(2)12(14)8-15/h5-7,9H,8,15H2,1-4H3. The maximum atomic E-state index is 12.9. The fourth-order valence-corrected chi connectivity index (χ4v) is 5.00. The molecule has 0 saturated carbocycles. The van der Waals surface area contributed by atoms with E-state index >= 15 is 0 Å². The van der Waals surface area contributed by atoms with Crippen LogP contribution < -0.4 is 5.73 Å². The highest BCUT2D eigenvalue weighted by Gasteiger charge is 2.33. The zero-order chi connectivity index (χ0) is 15.8. The fraction of sp³-hybridized carbons (Fsp3) is 0.429. The molecule has 0 aliphatic carbocycles. The average Bonchev–Trinajstić information content (AvgIpc) is 3.04. The third-order valence-corrected chi connectivity index (χ3v) is 6.83. The summed E-state index contributed by atoms with van der Waals surface area (Å²) in [6.07, 6.45) is 0. The SMILES string of the molecule is Cc1oc(C)c(S(=O)(=O)N(C)C(C)c2cccs2)c1CN. The van der Waals surface area contributed by atoms with Gasteiger partial charge in [-0.15, -0.1) is 11.3 Å². The molecule has 2 aromatic heterocycles. The van der Waals surface area contributed by atoms with Gasteiger partial charge in [0.15, 0.2) is 0 Å². The van der Waals surface area contributed by atoms with Crippen LogP contribution in [0.15, 0.2) is 26.8 Å². The molecule has 1 unspecified atom stereocenters. The summed E-state index contributed by atoms with van der Waals surface area (Å²) in [6.45, 7) is 5.40. The van der Waals surface area contributed by atoms with Crippen molar-refractivity contribution in [2.75, 3.05) is 7.05 Å². The molecule has 0 aromatic carbocycles. The molecule has 21 heavy (non-hydrogen) atoms. The van der Waals surface area contributed by atoms with E-state index in [1.54, 1.807) is 20.9 Å². The van der Waals surface area contributed by atoms with Crippen LogP contribution >= 0.6 is 11.3 Å². The lowest BCUT2D eigenvalue weighted by atomic mass is 10.2. The highest BCUT2D eigenvalue weighted by atomic mass is 32.2. The summed E-state index contributed by atoms with van der Waals surface area (Å²) in [4.78, 5) is 1.20. The highest BCUT2D eigenvalue weighted by Crippen LogP contribution is 2.33. The van der Waals surface area contributed by atoms with Gasteiger partial charge in [-0.25, -0.2) is 8.42 Å². The molecule has 2 N–H and O–H groups in total. The Balaban J connectivity index is 2.47. The third-order valence-electron chi connectivity index (χ3n) is 3.67. The largest absolute Gasteiger partial charge is 0.465 e. The number of nitrogens with zero attached hydrogens (tertiary/aromatic N) is 1. The van der Waals surface area contributed by atoms with Crippen molar-refractivity contribution in [1.82, 2.24) is 4.31 Å². The molecule has 0 spiro atoms. The van der Waals surface area contributed by atoms with E-state index in [2.05, 4.69) is 0 Å². The number of hydrogen-bond donors (Lipinski definition) is 1. The lowest BCUT2D eigenvalue weighted by Crippen LogP contribution is -2.30. The maximum absolute atomic E-state index is 12.9. The highest BCUT2D eigenvalue weighted by molar-refractivity contribution is 7.89. The van der Waals surface area contributed by atoms with E-state index in [-0.39, 0.29) is 17.5 Å². The van der Waals surface area contributed by atoms with Gasteiger partial charge in [-0.05, 0) is 32.2 Å². The molecule has 2 rings (SSSR count). The van der Waals surface area contributed by atoms with Crippen molar-refractivity contribution in [3.63, 3.8) is 0 Å². The topological polar surface area (TPSA) is 76.5 Å². The second-order valence-corrected chi connectivity index (χ2v) is 7.85. The zero-order valence-electron chi connectivity index (χ0n) is 12.6. The van der Waals surface area contributed by atoms with Gasteiger partial charge in [-0.1, -0.05) is 6.07 Å². The van der Waals surface area contributed by atoms with E-state index in [4.69, 9.17) is 10.2 Å².